The maximum atomic E-state index is 9.29. The molecule has 0 amide bonds. The molecule has 0 spiro atoms. The molecule has 0 aromatic heterocycles. The first-order valence-electron chi connectivity index (χ1n) is 9.11. The number of hydrogen-bond donors (Lipinski definition) is 0. The maximum absolute atomic E-state index is 9.29. The van der Waals surface area contributed by atoms with Crippen molar-refractivity contribution in [2.24, 2.45) is 0 Å². The van der Waals surface area contributed by atoms with Crippen LogP contribution >= 0.6 is 22.6 Å². The number of nitriles is 1. The Labute approximate surface area is 179 Å². The van der Waals surface area contributed by atoms with E-state index < -0.39 is 0 Å². The molecule has 28 heavy (non-hydrogen) atoms. The minimum absolute atomic E-state index is 0.689. The lowest BCUT2D eigenvalue weighted by atomic mass is 9.93. The molecule has 0 aliphatic carbocycles. The van der Waals surface area contributed by atoms with Gasteiger partial charge in [-0.3, -0.25) is 0 Å². The van der Waals surface area contributed by atoms with Crippen molar-refractivity contribution in [3.05, 3.63) is 106 Å². The third-order valence-electron chi connectivity index (χ3n) is 4.88. The van der Waals surface area contributed by atoms with Gasteiger partial charge in [-0.15, -0.1) is 0 Å². The summed E-state index contributed by atoms with van der Waals surface area (Å²) in [7, 11) is 0. The van der Waals surface area contributed by atoms with E-state index in [0.717, 1.165) is 14.7 Å². The fourth-order valence-electron chi connectivity index (χ4n) is 3.43. The molecule has 0 N–H and O–H groups in total. The molecule has 0 heterocycles. The lowest BCUT2D eigenvalue weighted by Gasteiger charge is -2.12. The van der Waals surface area contributed by atoms with Crippen LogP contribution in [0.2, 0.25) is 0 Å². The molecule has 134 valence electrons. The van der Waals surface area contributed by atoms with Gasteiger partial charge in [0, 0.05) is 3.57 Å². The number of rotatable bonds is 3. The fraction of sp³-hybridized carbons (Fsp3) is 0.0385. The van der Waals surface area contributed by atoms with Crippen LogP contribution in [0.15, 0.2) is 91.0 Å². The van der Waals surface area contributed by atoms with Gasteiger partial charge in [-0.25, -0.2) is 0 Å². The highest BCUT2D eigenvalue weighted by Crippen LogP contribution is 2.32. The van der Waals surface area contributed by atoms with Gasteiger partial charge in [0.05, 0.1) is 11.6 Å². The van der Waals surface area contributed by atoms with E-state index in [-0.39, 0.29) is 0 Å². The average Bonchev–Trinajstić information content (AvgIpc) is 2.74. The van der Waals surface area contributed by atoms with Gasteiger partial charge in [-0.05, 0) is 98.8 Å². The highest BCUT2D eigenvalue weighted by atomic mass is 127. The van der Waals surface area contributed by atoms with Crippen LogP contribution in [0.1, 0.15) is 11.1 Å². The molecule has 0 saturated heterocycles. The van der Waals surface area contributed by atoms with Crippen molar-refractivity contribution in [3.63, 3.8) is 0 Å². The monoisotopic (exact) mass is 471 g/mol. The minimum atomic E-state index is 0.689. The van der Waals surface area contributed by atoms with Crippen molar-refractivity contribution >= 4 is 22.6 Å². The number of benzene rings is 4. The molecule has 2 heteroatoms. The van der Waals surface area contributed by atoms with E-state index >= 15 is 0 Å². The Balaban J connectivity index is 1.80. The van der Waals surface area contributed by atoms with E-state index in [1.165, 1.54) is 27.8 Å². The molecule has 0 saturated carbocycles. The van der Waals surface area contributed by atoms with Gasteiger partial charge < -0.3 is 0 Å². The molecular formula is C26H18IN. The van der Waals surface area contributed by atoms with Crippen LogP contribution < -0.4 is 0 Å². The third-order valence-corrected chi connectivity index (χ3v) is 5.50. The van der Waals surface area contributed by atoms with Gasteiger partial charge in [-0.1, -0.05) is 60.7 Å². The zero-order valence-electron chi connectivity index (χ0n) is 15.5. The first kappa shape index (κ1) is 18.5. The molecule has 4 rings (SSSR count). The van der Waals surface area contributed by atoms with E-state index in [9.17, 15) is 5.26 Å². The quantitative estimate of drug-likeness (QED) is 0.284. The second-order valence-electron chi connectivity index (χ2n) is 6.82. The third kappa shape index (κ3) is 3.85. The highest BCUT2D eigenvalue weighted by Gasteiger charge is 2.08. The summed E-state index contributed by atoms with van der Waals surface area (Å²) < 4.78 is 1.07. The SMILES string of the molecule is Cc1ccc(-c2ccccc2)cc1-c1cccc(-c2cc(I)cc(C#N)c2)c1. The first-order chi connectivity index (χ1) is 13.6. The topological polar surface area (TPSA) is 23.8 Å². The van der Waals surface area contributed by atoms with Crippen LogP contribution in [0, 0.1) is 21.8 Å². The normalized spacial score (nSPS) is 10.5. The second kappa shape index (κ2) is 8.00. The average molecular weight is 471 g/mol. The van der Waals surface area contributed by atoms with Gasteiger partial charge in [0.25, 0.3) is 0 Å². The Hall–Kier alpha value is -2.90. The van der Waals surface area contributed by atoms with E-state index in [0.29, 0.717) is 5.56 Å². The second-order valence-corrected chi connectivity index (χ2v) is 8.06. The molecule has 4 aromatic carbocycles. The van der Waals surface area contributed by atoms with Crippen LogP contribution in [0.4, 0.5) is 0 Å². The Kier molecular flexibility index (Phi) is 5.27. The van der Waals surface area contributed by atoms with Gasteiger partial charge in [0.15, 0.2) is 0 Å². The summed E-state index contributed by atoms with van der Waals surface area (Å²) in [5, 5.41) is 9.29. The van der Waals surface area contributed by atoms with Gasteiger partial charge in [0.2, 0.25) is 0 Å². The molecule has 0 fully saturated rings. The van der Waals surface area contributed by atoms with Gasteiger partial charge >= 0.3 is 0 Å². The van der Waals surface area contributed by atoms with Crippen molar-refractivity contribution in [2.75, 3.05) is 0 Å². The molecule has 1 nitrogen and oxygen atoms in total. The standard InChI is InChI=1S/C26H18IN/c1-18-10-11-22(20-6-3-2-4-7-20)16-26(18)23-9-5-8-21(14-23)24-12-19(17-28)13-25(27)15-24/h2-16H,1H3. The van der Waals surface area contributed by atoms with E-state index in [1.807, 2.05) is 18.2 Å². The first-order valence-corrected chi connectivity index (χ1v) is 10.2. The van der Waals surface area contributed by atoms with Crippen LogP contribution in [-0.4, -0.2) is 0 Å². The maximum Gasteiger partial charge on any atom is 0.0992 e. The fourth-order valence-corrected chi connectivity index (χ4v) is 4.10. The zero-order valence-corrected chi connectivity index (χ0v) is 17.6. The molecule has 0 aliphatic rings. The molecule has 0 radical (unpaired) electrons. The number of halogens is 1. The van der Waals surface area contributed by atoms with Crippen molar-refractivity contribution in [1.82, 2.24) is 0 Å². The molecule has 0 aliphatic heterocycles. The Bertz CT molecular complexity index is 1190. The highest BCUT2D eigenvalue weighted by molar-refractivity contribution is 14.1. The van der Waals surface area contributed by atoms with Crippen LogP contribution in [0.25, 0.3) is 33.4 Å². The van der Waals surface area contributed by atoms with Crippen LogP contribution in [-0.2, 0) is 0 Å². The largest absolute Gasteiger partial charge is 0.192 e. The van der Waals surface area contributed by atoms with Crippen molar-refractivity contribution < 1.29 is 0 Å². The van der Waals surface area contributed by atoms with E-state index in [1.54, 1.807) is 0 Å². The lowest BCUT2D eigenvalue weighted by Crippen LogP contribution is -1.88. The molecule has 4 aromatic rings. The van der Waals surface area contributed by atoms with E-state index in [2.05, 4.69) is 108 Å². The number of hydrogen-bond acceptors (Lipinski definition) is 1. The lowest BCUT2D eigenvalue weighted by molar-refractivity contribution is 1.45. The predicted molar refractivity (Wildman–Crippen MR) is 125 cm³/mol. The van der Waals surface area contributed by atoms with Crippen LogP contribution in [0.5, 0.6) is 0 Å². The molecule has 0 atom stereocenters. The zero-order chi connectivity index (χ0) is 19.5. The number of aryl methyl sites for hydroxylation is 1. The number of nitrogens with zero attached hydrogens (tertiary/aromatic N) is 1. The summed E-state index contributed by atoms with van der Waals surface area (Å²) >= 11 is 2.27. The summed E-state index contributed by atoms with van der Waals surface area (Å²) in [6.07, 6.45) is 0. The predicted octanol–water partition coefficient (Wildman–Crippen LogP) is 7.47. The summed E-state index contributed by atoms with van der Waals surface area (Å²) in [5.74, 6) is 0. The Morgan fingerprint density at radius 1 is 0.643 bits per heavy atom. The smallest absolute Gasteiger partial charge is 0.0992 e. The Morgan fingerprint density at radius 2 is 1.36 bits per heavy atom. The van der Waals surface area contributed by atoms with Crippen molar-refractivity contribution in [1.29, 1.82) is 5.26 Å². The summed E-state index contributed by atoms with van der Waals surface area (Å²) in [6, 6.07) is 33.9. The van der Waals surface area contributed by atoms with Gasteiger partial charge in [0.1, 0.15) is 0 Å². The molecular weight excluding hydrogens is 453 g/mol. The minimum Gasteiger partial charge on any atom is -0.192 e. The summed E-state index contributed by atoms with van der Waals surface area (Å²) in [4.78, 5) is 0. The van der Waals surface area contributed by atoms with Crippen molar-refractivity contribution in [2.45, 2.75) is 6.92 Å². The Morgan fingerprint density at radius 3 is 2.14 bits per heavy atom. The summed E-state index contributed by atoms with van der Waals surface area (Å²) in [5.41, 5.74) is 8.98. The van der Waals surface area contributed by atoms with Crippen LogP contribution in [0.3, 0.4) is 0 Å². The van der Waals surface area contributed by atoms with Gasteiger partial charge in [-0.2, -0.15) is 5.26 Å². The molecule has 0 bridgehead atoms. The van der Waals surface area contributed by atoms with E-state index in [4.69, 9.17) is 0 Å². The summed E-state index contributed by atoms with van der Waals surface area (Å²) in [6.45, 7) is 2.15. The van der Waals surface area contributed by atoms with Crippen molar-refractivity contribution in [3.8, 4) is 39.4 Å². The molecule has 0 unspecified atom stereocenters.